The average Bonchev–Trinajstić information content (AvgIpc) is 2.76. The lowest BCUT2D eigenvalue weighted by Crippen LogP contribution is -2.42. The molecule has 1 rings (SSSR count). The van der Waals surface area contributed by atoms with Gasteiger partial charge in [0, 0.05) is 13.7 Å². The van der Waals surface area contributed by atoms with E-state index < -0.39 is 0 Å². The molecule has 0 atom stereocenters. The van der Waals surface area contributed by atoms with E-state index in [4.69, 9.17) is 10.6 Å². The van der Waals surface area contributed by atoms with Crippen LogP contribution in [0.4, 0.5) is 0 Å². The molecule has 0 saturated carbocycles. The zero-order valence-electron chi connectivity index (χ0n) is 8.40. The van der Waals surface area contributed by atoms with Crippen molar-refractivity contribution >= 4 is 5.96 Å². The van der Waals surface area contributed by atoms with Crippen molar-refractivity contribution in [3.05, 3.63) is 5.82 Å². The molecule has 0 aliphatic rings. The Hall–Kier alpha value is -1.74. The molecule has 9 nitrogen and oxygen atoms in total. The van der Waals surface area contributed by atoms with Crippen molar-refractivity contribution in [2.45, 2.75) is 6.54 Å². The van der Waals surface area contributed by atoms with Crippen LogP contribution in [0, 0.1) is 0 Å². The number of aromatic amines is 1. The van der Waals surface area contributed by atoms with Gasteiger partial charge in [-0.25, -0.2) is 10.8 Å². The summed E-state index contributed by atoms with van der Waals surface area (Å²) >= 11 is 0. The van der Waals surface area contributed by atoms with E-state index in [1.54, 1.807) is 7.11 Å². The lowest BCUT2D eigenvalue weighted by atomic mass is 10.6. The van der Waals surface area contributed by atoms with Gasteiger partial charge in [-0.3, -0.25) is 5.43 Å². The summed E-state index contributed by atoms with van der Waals surface area (Å²) in [6, 6.07) is 0. The van der Waals surface area contributed by atoms with Crippen molar-refractivity contribution in [2.75, 3.05) is 20.3 Å². The second-order valence-corrected chi connectivity index (χ2v) is 2.56. The third kappa shape index (κ3) is 4.33. The maximum atomic E-state index is 5.25. The number of aliphatic imine (C=N–C) groups is 1. The maximum absolute atomic E-state index is 5.25. The van der Waals surface area contributed by atoms with E-state index in [9.17, 15) is 0 Å². The molecule has 1 aromatic heterocycles. The predicted octanol–water partition coefficient (Wildman–Crippen LogP) is -2.24. The highest BCUT2D eigenvalue weighted by Crippen LogP contribution is 1.86. The fourth-order valence-corrected chi connectivity index (χ4v) is 0.823. The number of methoxy groups -OCH3 is 1. The summed E-state index contributed by atoms with van der Waals surface area (Å²) in [7, 11) is 1.62. The molecule has 1 aromatic rings. The van der Waals surface area contributed by atoms with Crippen molar-refractivity contribution in [1.29, 1.82) is 0 Å². The van der Waals surface area contributed by atoms with Crippen LogP contribution in [0.25, 0.3) is 0 Å². The number of ether oxygens (including phenoxy) is 1. The van der Waals surface area contributed by atoms with Crippen LogP contribution in [-0.2, 0) is 11.3 Å². The summed E-state index contributed by atoms with van der Waals surface area (Å²) < 4.78 is 4.86. The third-order valence-electron chi connectivity index (χ3n) is 1.50. The van der Waals surface area contributed by atoms with Crippen LogP contribution < -0.4 is 16.6 Å². The van der Waals surface area contributed by atoms with Crippen molar-refractivity contribution in [3.63, 3.8) is 0 Å². The minimum absolute atomic E-state index is 0.302. The van der Waals surface area contributed by atoms with E-state index >= 15 is 0 Å². The van der Waals surface area contributed by atoms with Gasteiger partial charge < -0.3 is 10.1 Å². The maximum Gasteiger partial charge on any atom is 0.206 e. The number of rotatable bonds is 5. The lowest BCUT2D eigenvalue weighted by molar-refractivity contribution is 0.203. The summed E-state index contributed by atoms with van der Waals surface area (Å²) in [5.41, 5.74) is 2.42. The van der Waals surface area contributed by atoms with E-state index in [-0.39, 0.29) is 0 Å². The number of nitrogens with two attached hydrogens (primary N) is 1. The highest BCUT2D eigenvalue weighted by atomic mass is 16.5. The van der Waals surface area contributed by atoms with Crippen molar-refractivity contribution in [3.8, 4) is 0 Å². The number of nitrogens with zero attached hydrogens (tertiary/aromatic N) is 4. The van der Waals surface area contributed by atoms with Crippen molar-refractivity contribution < 1.29 is 4.74 Å². The van der Waals surface area contributed by atoms with E-state index in [0.717, 1.165) is 0 Å². The highest BCUT2D eigenvalue weighted by Gasteiger charge is 1.98. The molecular formula is C6H14N8O. The average molecular weight is 214 g/mol. The number of aromatic nitrogens is 4. The Morgan fingerprint density at radius 1 is 1.67 bits per heavy atom. The van der Waals surface area contributed by atoms with Crippen molar-refractivity contribution in [2.24, 2.45) is 10.8 Å². The summed E-state index contributed by atoms with van der Waals surface area (Å²) in [5.74, 6) is 6.20. The third-order valence-corrected chi connectivity index (χ3v) is 1.50. The standard InChI is InChI=1S/C6H14N8O/c1-15-3-2-8-6(10-7)9-4-5-11-13-14-12-5/h2-4,7H2,1H3,(H2,8,9,10)(H,11,12,13,14). The molecule has 15 heavy (non-hydrogen) atoms. The molecule has 1 heterocycles. The van der Waals surface area contributed by atoms with E-state index in [2.05, 4.69) is 36.4 Å². The number of H-pyrrole nitrogens is 1. The summed E-state index contributed by atoms with van der Waals surface area (Å²) in [6.45, 7) is 1.49. The van der Waals surface area contributed by atoms with Gasteiger partial charge in [0.25, 0.3) is 0 Å². The Morgan fingerprint density at radius 2 is 2.53 bits per heavy atom. The quantitative estimate of drug-likeness (QED) is 0.143. The highest BCUT2D eigenvalue weighted by molar-refractivity contribution is 5.79. The summed E-state index contributed by atoms with van der Waals surface area (Å²) in [6.07, 6.45) is 0. The molecule has 0 saturated heterocycles. The molecule has 0 aromatic carbocycles. The molecule has 0 aliphatic heterocycles. The van der Waals surface area contributed by atoms with Crippen LogP contribution >= 0.6 is 0 Å². The topological polar surface area (TPSA) is 126 Å². The first-order valence-electron chi connectivity index (χ1n) is 4.33. The zero-order chi connectivity index (χ0) is 10.9. The summed E-state index contributed by atoms with van der Waals surface area (Å²) in [4.78, 5) is 4.09. The van der Waals surface area contributed by atoms with Gasteiger partial charge in [0.2, 0.25) is 5.96 Å². The normalized spacial score (nSPS) is 11.5. The lowest BCUT2D eigenvalue weighted by Gasteiger charge is -2.07. The molecule has 0 bridgehead atoms. The molecule has 9 heteroatoms. The van der Waals surface area contributed by atoms with Gasteiger partial charge in [0.1, 0.15) is 6.54 Å². The van der Waals surface area contributed by atoms with Gasteiger partial charge in [0.05, 0.1) is 6.61 Å². The Balaban J connectivity index is 2.33. The van der Waals surface area contributed by atoms with E-state index in [1.165, 1.54) is 0 Å². The molecule has 0 unspecified atom stereocenters. The van der Waals surface area contributed by atoms with Gasteiger partial charge in [-0.05, 0) is 0 Å². The zero-order valence-corrected chi connectivity index (χ0v) is 8.40. The first kappa shape index (κ1) is 11.3. The minimum atomic E-state index is 0.302. The van der Waals surface area contributed by atoms with Crippen LogP contribution in [0.5, 0.6) is 0 Å². The van der Waals surface area contributed by atoms with E-state index in [1.807, 2.05) is 0 Å². The van der Waals surface area contributed by atoms with Crippen LogP contribution in [0.2, 0.25) is 0 Å². The Bertz CT molecular complexity index is 283. The van der Waals surface area contributed by atoms with Gasteiger partial charge in [-0.2, -0.15) is 5.21 Å². The van der Waals surface area contributed by atoms with Crippen LogP contribution in [0.1, 0.15) is 5.82 Å². The first-order chi connectivity index (χ1) is 7.36. The second-order valence-electron chi connectivity index (χ2n) is 2.56. The fraction of sp³-hybridized carbons (Fsp3) is 0.667. The first-order valence-corrected chi connectivity index (χ1v) is 4.33. The molecule has 5 N–H and O–H groups in total. The molecular weight excluding hydrogens is 200 g/mol. The number of nitrogens with one attached hydrogen (secondary N) is 3. The van der Waals surface area contributed by atoms with Gasteiger partial charge in [-0.1, -0.05) is 5.21 Å². The molecule has 0 aliphatic carbocycles. The fourth-order valence-electron chi connectivity index (χ4n) is 0.823. The Labute approximate surface area is 86.4 Å². The largest absolute Gasteiger partial charge is 0.383 e. The molecule has 84 valence electrons. The minimum Gasteiger partial charge on any atom is -0.383 e. The summed E-state index contributed by atoms with van der Waals surface area (Å²) in [5, 5.41) is 16.2. The van der Waals surface area contributed by atoms with Crippen LogP contribution in [0.15, 0.2) is 4.99 Å². The van der Waals surface area contributed by atoms with Gasteiger partial charge in [0.15, 0.2) is 5.82 Å². The molecule has 0 radical (unpaired) electrons. The number of guanidine groups is 1. The second kappa shape index (κ2) is 6.68. The molecule has 0 spiro atoms. The SMILES string of the molecule is COCCNC(=NCc1nn[nH]n1)NN. The number of hydrogen-bond donors (Lipinski definition) is 4. The number of hydrazine groups is 1. The van der Waals surface area contributed by atoms with Crippen LogP contribution in [-0.4, -0.2) is 46.8 Å². The molecule has 0 fully saturated rings. The molecule has 0 amide bonds. The van der Waals surface area contributed by atoms with Gasteiger partial charge in [-0.15, -0.1) is 10.2 Å². The predicted molar refractivity (Wildman–Crippen MR) is 52.5 cm³/mol. The number of tetrazole rings is 1. The van der Waals surface area contributed by atoms with E-state index in [0.29, 0.717) is 31.5 Å². The van der Waals surface area contributed by atoms with Crippen LogP contribution in [0.3, 0.4) is 0 Å². The monoisotopic (exact) mass is 214 g/mol. The van der Waals surface area contributed by atoms with Crippen molar-refractivity contribution in [1.82, 2.24) is 31.4 Å². The Morgan fingerprint density at radius 3 is 3.13 bits per heavy atom. The smallest absolute Gasteiger partial charge is 0.206 e. The van der Waals surface area contributed by atoms with Gasteiger partial charge >= 0.3 is 0 Å². The number of hydrogen-bond acceptors (Lipinski definition) is 6. The Kier molecular flexibility index (Phi) is 5.04.